The molecule has 6 heteroatoms. The first-order valence-corrected chi connectivity index (χ1v) is 21.9. The molecule has 0 aliphatic rings. The number of carboxylic acid groups (broad SMARTS) is 1. The monoisotopic (exact) mass is 646 g/mol. The summed E-state index contributed by atoms with van der Waals surface area (Å²) >= 11 is 0. The van der Waals surface area contributed by atoms with Gasteiger partial charge in [-0.3, -0.25) is 5.10 Å². The van der Waals surface area contributed by atoms with Crippen molar-refractivity contribution in [3.8, 4) is 0 Å². The molecule has 0 spiro atoms. The van der Waals surface area contributed by atoms with Crippen LogP contribution in [-0.4, -0.2) is 46.0 Å². The standard InChI is InChI=1S/C32H68P.C7H5N3O2/c1-5-9-13-17-21-25-29-33(30-26-22-18-14-10-6-2,31-27-23-19-15-11-7-3)32-28-24-20-16-12-8-4;11-7(12)4-2-1-3-5-6(4)9-10-8-5/h5-32H2,1-4H3;1-3H,(H,11,12)(H,8,9,10)/q+1;/p-1. The molecular formula is C39H72N3O2P. The highest BCUT2D eigenvalue weighted by molar-refractivity contribution is 7.75. The molecule has 1 aromatic carbocycles. The lowest BCUT2D eigenvalue weighted by Crippen LogP contribution is -2.22. The smallest absolute Gasteiger partial charge is 0.121 e. The van der Waals surface area contributed by atoms with Crippen LogP contribution in [0.25, 0.3) is 11.0 Å². The molecule has 0 aliphatic heterocycles. The Bertz CT molecular complexity index is 878. The van der Waals surface area contributed by atoms with Crippen LogP contribution < -0.4 is 5.11 Å². The van der Waals surface area contributed by atoms with Crippen molar-refractivity contribution in [2.75, 3.05) is 24.6 Å². The zero-order valence-corrected chi connectivity index (χ0v) is 31.1. The van der Waals surface area contributed by atoms with Crippen LogP contribution in [0.15, 0.2) is 18.2 Å². The number of carboxylic acids is 1. The van der Waals surface area contributed by atoms with E-state index in [0.29, 0.717) is 11.0 Å². The average molecular weight is 646 g/mol. The molecule has 0 radical (unpaired) electrons. The molecule has 2 aromatic rings. The first-order chi connectivity index (χ1) is 22.0. The third-order valence-electron chi connectivity index (χ3n) is 9.52. The molecule has 0 unspecified atom stereocenters. The second kappa shape index (κ2) is 28.7. The molecule has 1 heterocycles. The zero-order chi connectivity index (χ0) is 32.9. The minimum atomic E-state index is -1.24. The number of H-pyrrole nitrogens is 1. The molecule has 0 saturated heterocycles. The summed E-state index contributed by atoms with van der Waals surface area (Å²) in [5.74, 6) is -1.24. The van der Waals surface area contributed by atoms with Gasteiger partial charge in [0.2, 0.25) is 0 Å². The number of unbranched alkanes of at least 4 members (excludes halogenated alkanes) is 20. The van der Waals surface area contributed by atoms with Crippen molar-refractivity contribution >= 4 is 24.3 Å². The first kappa shape index (κ1) is 41.5. The maximum absolute atomic E-state index is 10.5. The maximum Gasteiger partial charge on any atom is 0.121 e. The predicted octanol–water partition coefficient (Wildman–Crippen LogP) is 11.8. The Hall–Kier alpha value is -1.48. The predicted molar refractivity (Wildman–Crippen MR) is 198 cm³/mol. The van der Waals surface area contributed by atoms with E-state index in [4.69, 9.17) is 0 Å². The Morgan fingerprint density at radius 3 is 1.29 bits per heavy atom. The van der Waals surface area contributed by atoms with E-state index in [2.05, 4.69) is 43.1 Å². The van der Waals surface area contributed by atoms with Crippen LogP contribution in [0.2, 0.25) is 0 Å². The van der Waals surface area contributed by atoms with Gasteiger partial charge in [-0.2, -0.15) is 0 Å². The van der Waals surface area contributed by atoms with Gasteiger partial charge in [-0.05, 0) is 57.4 Å². The Kier molecular flexibility index (Phi) is 26.5. The van der Waals surface area contributed by atoms with Crippen LogP contribution in [0.5, 0.6) is 0 Å². The second-order valence-corrected chi connectivity index (χ2v) is 18.1. The van der Waals surface area contributed by atoms with E-state index in [1.807, 2.05) is 0 Å². The lowest BCUT2D eigenvalue weighted by atomic mass is 10.1. The number of nitrogens with zero attached hydrogens (tertiary/aromatic N) is 2. The number of hydrogen-bond acceptors (Lipinski definition) is 4. The summed E-state index contributed by atoms with van der Waals surface area (Å²) in [7, 11) is -0.718. The van der Waals surface area contributed by atoms with Crippen molar-refractivity contribution in [1.29, 1.82) is 0 Å². The third kappa shape index (κ3) is 20.4. The normalized spacial score (nSPS) is 11.6. The second-order valence-electron chi connectivity index (χ2n) is 13.6. The van der Waals surface area contributed by atoms with Gasteiger partial charge >= 0.3 is 0 Å². The van der Waals surface area contributed by atoms with Crippen LogP contribution in [0.1, 0.15) is 192 Å². The van der Waals surface area contributed by atoms with Gasteiger partial charge in [0.05, 0.1) is 36.1 Å². The van der Waals surface area contributed by atoms with Gasteiger partial charge in [0, 0.05) is 12.8 Å². The van der Waals surface area contributed by atoms with E-state index in [1.54, 1.807) is 62.5 Å². The van der Waals surface area contributed by atoms with E-state index in [1.165, 1.54) is 134 Å². The summed E-state index contributed by atoms with van der Waals surface area (Å²) in [6.45, 7) is 9.38. The van der Waals surface area contributed by atoms with Crippen LogP contribution in [0.3, 0.4) is 0 Å². The van der Waals surface area contributed by atoms with Crippen molar-refractivity contribution in [1.82, 2.24) is 15.4 Å². The number of nitrogens with one attached hydrogen (secondary N) is 1. The van der Waals surface area contributed by atoms with Crippen LogP contribution in [-0.2, 0) is 0 Å². The van der Waals surface area contributed by atoms with Crippen molar-refractivity contribution in [2.45, 2.75) is 182 Å². The van der Waals surface area contributed by atoms with Gasteiger partial charge in [0.15, 0.2) is 0 Å². The molecule has 1 N–H and O–H groups in total. The maximum atomic E-state index is 10.5. The van der Waals surface area contributed by atoms with Crippen LogP contribution in [0.4, 0.5) is 0 Å². The summed E-state index contributed by atoms with van der Waals surface area (Å²) < 4.78 is 0. The highest BCUT2D eigenvalue weighted by atomic mass is 31.2. The summed E-state index contributed by atoms with van der Waals surface area (Å²) in [6, 6.07) is 4.73. The van der Waals surface area contributed by atoms with E-state index < -0.39 is 13.2 Å². The first-order valence-electron chi connectivity index (χ1n) is 19.4. The Balaban J connectivity index is 0.000000689. The molecule has 0 fully saturated rings. The Labute approximate surface area is 279 Å². The van der Waals surface area contributed by atoms with Gasteiger partial charge in [0.25, 0.3) is 0 Å². The van der Waals surface area contributed by atoms with Gasteiger partial charge in [-0.15, -0.1) is 5.10 Å². The minimum absolute atomic E-state index is 0.0567. The summed E-state index contributed by atoms with van der Waals surface area (Å²) in [5, 5.41) is 20.2. The largest absolute Gasteiger partial charge is 0.545 e. The number of hydrogen-bond donors (Lipinski definition) is 1. The van der Waals surface area contributed by atoms with Gasteiger partial charge in [-0.1, -0.05) is 148 Å². The number of aromatic amines is 1. The Morgan fingerprint density at radius 1 is 0.578 bits per heavy atom. The van der Waals surface area contributed by atoms with Crippen molar-refractivity contribution in [3.05, 3.63) is 23.8 Å². The van der Waals surface area contributed by atoms with Gasteiger partial charge < -0.3 is 9.90 Å². The topological polar surface area (TPSA) is 81.7 Å². The lowest BCUT2D eigenvalue weighted by Gasteiger charge is -2.28. The van der Waals surface area contributed by atoms with E-state index in [-0.39, 0.29) is 5.56 Å². The minimum Gasteiger partial charge on any atom is -0.545 e. The SMILES string of the molecule is CCCCCCCC[P+](CCCCCCCC)(CCCCCCCC)CCCCCCCC.O=C([O-])c1cccc2[nH]nnc12. The molecule has 5 nitrogen and oxygen atoms in total. The molecule has 2 rings (SSSR count). The zero-order valence-electron chi connectivity index (χ0n) is 30.2. The van der Waals surface area contributed by atoms with Crippen LogP contribution >= 0.6 is 7.26 Å². The molecule has 0 bridgehead atoms. The van der Waals surface area contributed by atoms with E-state index >= 15 is 0 Å². The molecular weight excluding hydrogens is 573 g/mol. The van der Waals surface area contributed by atoms with E-state index in [9.17, 15) is 9.90 Å². The number of carbonyl (C=O) groups excluding carboxylic acids is 1. The fraction of sp³-hybridized carbons (Fsp3) is 0.821. The molecule has 0 amide bonds. The number of fused-ring (bicyclic) bond motifs is 1. The number of benzene rings is 1. The summed E-state index contributed by atoms with van der Waals surface area (Å²) in [4.78, 5) is 10.5. The third-order valence-corrected chi connectivity index (χ3v) is 14.6. The molecule has 260 valence electrons. The average Bonchev–Trinajstić information content (AvgIpc) is 3.53. The molecule has 0 atom stereocenters. The highest BCUT2D eigenvalue weighted by Gasteiger charge is 2.35. The molecule has 0 saturated carbocycles. The Morgan fingerprint density at radius 2 is 0.933 bits per heavy atom. The molecule has 0 aliphatic carbocycles. The molecule has 1 aromatic heterocycles. The van der Waals surface area contributed by atoms with Crippen molar-refractivity contribution < 1.29 is 9.90 Å². The fourth-order valence-corrected chi connectivity index (χ4v) is 11.5. The molecule has 45 heavy (non-hydrogen) atoms. The van der Waals surface area contributed by atoms with Gasteiger partial charge in [0.1, 0.15) is 5.52 Å². The summed E-state index contributed by atoms with van der Waals surface area (Å²) in [5.41, 5.74) is 0.982. The number of aromatic carboxylic acids is 1. The number of aromatic nitrogens is 3. The lowest BCUT2D eigenvalue weighted by molar-refractivity contribution is -0.254. The van der Waals surface area contributed by atoms with Crippen LogP contribution in [0, 0.1) is 0 Å². The fourth-order valence-electron chi connectivity index (χ4n) is 6.62. The summed E-state index contributed by atoms with van der Waals surface area (Å²) in [6.07, 6.45) is 42.1. The highest BCUT2D eigenvalue weighted by Crippen LogP contribution is 2.61. The van der Waals surface area contributed by atoms with Crippen molar-refractivity contribution in [3.63, 3.8) is 0 Å². The number of carbonyl (C=O) groups is 1. The van der Waals surface area contributed by atoms with Crippen molar-refractivity contribution in [2.24, 2.45) is 0 Å². The number of rotatable bonds is 29. The van der Waals surface area contributed by atoms with E-state index in [0.717, 1.165) is 0 Å². The van der Waals surface area contributed by atoms with Gasteiger partial charge in [-0.25, -0.2) is 0 Å². The quantitative estimate of drug-likeness (QED) is 0.0705.